The van der Waals surface area contributed by atoms with Gasteiger partial charge in [-0.05, 0) is 42.5 Å². The first-order chi connectivity index (χ1) is 13.5. The zero-order valence-electron chi connectivity index (χ0n) is 14.1. The van der Waals surface area contributed by atoms with Crippen LogP contribution in [0.1, 0.15) is 15.9 Å². The number of anilines is 2. The monoisotopic (exact) mass is 444 g/mol. The first-order valence-electron chi connectivity index (χ1n) is 7.76. The van der Waals surface area contributed by atoms with Crippen LogP contribution in [0, 0.1) is 0 Å². The van der Waals surface area contributed by atoms with E-state index in [0.29, 0.717) is 11.0 Å². The van der Waals surface area contributed by atoms with Crippen LogP contribution < -0.4 is 10.2 Å². The Labute approximate surface area is 171 Å². The van der Waals surface area contributed by atoms with Gasteiger partial charge in [0.05, 0.1) is 21.8 Å². The van der Waals surface area contributed by atoms with Gasteiger partial charge in [-0.2, -0.15) is 13.2 Å². The Kier molecular flexibility index (Phi) is 5.29. The smallest absolute Gasteiger partial charge is 0.416 e. The highest BCUT2D eigenvalue weighted by Gasteiger charge is 2.41. The third-order valence-corrected chi connectivity index (χ3v) is 4.61. The number of carboxylic acid groups (broad SMARTS) is 1. The molecule has 0 saturated heterocycles. The largest absolute Gasteiger partial charge is 0.478 e. The topological polar surface area (TPSA) is 86.7 Å². The van der Waals surface area contributed by atoms with Crippen molar-refractivity contribution in [3.05, 3.63) is 69.3 Å². The molecule has 0 radical (unpaired) electrons. The summed E-state index contributed by atoms with van der Waals surface area (Å²) in [7, 11) is 0. The molecule has 0 fully saturated rings. The van der Waals surface area contributed by atoms with Crippen molar-refractivity contribution < 1.29 is 32.7 Å². The van der Waals surface area contributed by atoms with Crippen molar-refractivity contribution >= 4 is 52.4 Å². The van der Waals surface area contributed by atoms with Crippen molar-refractivity contribution in [1.82, 2.24) is 0 Å². The van der Waals surface area contributed by atoms with Crippen LogP contribution in [0.15, 0.2) is 53.2 Å². The third kappa shape index (κ3) is 3.92. The highest BCUT2D eigenvalue weighted by Crippen LogP contribution is 2.38. The predicted molar refractivity (Wildman–Crippen MR) is 98.8 cm³/mol. The second-order valence-electron chi connectivity index (χ2n) is 5.81. The molecular formula is C18H9Cl2F3N2O4. The summed E-state index contributed by atoms with van der Waals surface area (Å²) in [5.74, 6) is -3.22. The number of alkyl halides is 3. The number of benzene rings is 2. The Morgan fingerprint density at radius 1 is 1.00 bits per heavy atom. The molecule has 3 rings (SSSR count). The summed E-state index contributed by atoms with van der Waals surface area (Å²) in [4.78, 5) is 36.4. The van der Waals surface area contributed by atoms with E-state index in [-0.39, 0.29) is 22.0 Å². The molecule has 1 heterocycles. The number of imide groups is 1. The molecule has 150 valence electrons. The number of amides is 2. The number of hydrogen-bond acceptors (Lipinski definition) is 4. The number of aromatic carboxylic acids is 1. The maximum absolute atomic E-state index is 13.0. The van der Waals surface area contributed by atoms with E-state index in [2.05, 4.69) is 5.32 Å². The van der Waals surface area contributed by atoms with Gasteiger partial charge in [0.25, 0.3) is 11.8 Å². The number of rotatable bonds is 4. The molecule has 6 nitrogen and oxygen atoms in total. The van der Waals surface area contributed by atoms with E-state index in [1.54, 1.807) is 0 Å². The summed E-state index contributed by atoms with van der Waals surface area (Å²) in [5, 5.41) is 10.7. The zero-order chi connectivity index (χ0) is 21.5. The van der Waals surface area contributed by atoms with E-state index in [1.165, 1.54) is 24.3 Å². The third-order valence-electron chi connectivity index (χ3n) is 3.94. The molecule has 1 aliphatic heterocycles. The molecule has 0 aromatic heterocycles. The van der Waals surface area contributed by atoms with Crippen LogP contribution in [0.3, 0.4) is 0 Å². The van der Waals surface area contributed by atoms with E-state index < -0.39 is 40.2 Å². The average molecular weight is 445 g/mol. The average Bonchev–Trinajstić information content (AvgIpc) is 2.85. The molecule has 0 saturated carbocycles. The van der Waals surface area contributed by atoms with E-state index in [9.17, 15) is 27.6 Å². The van der Waals surface area contributed by atoms with Crippen LogP contribution in [0.25, 0.3) is 0 Å². The van der Waals surface area contributed by atoms with Gasteiger partial charge < -0.3 is 10.4 Å². The van der Waals surface area contributed by atoms with Crippen LogP contribution in [-0.4, -0.2) is 22.9 Å². The lowest BCUT2D eigenvalue weighted by atomic mass is 10.1. The highest BCUT2D eigenvalue weighted by molar-refractivity contribution is 6.53. The SMILES string of the molecule is O=C(O)c1ccc(NC2=C(Cl)C(=O)N(c3cc(C(F)(F)F)ccc3Cl)C2=O)cc1. The maximum Gasteiger partial charge on any atom is 0.416 e. The quantitative estimate of drug-likeness (QED) is 0.678. The van der Waals surface area contributed by atoms with Crippen LogP contribution in [-0.2, 0) is 15.8 Å². The van der Waals surface area contributed by atoms with Gasteiger partial charge in [-0.3, -0.25) is 9.59 Å². The maximum atomic E-state index is 13.0. The highest BCUT2D eigenvalue weighted by atomic mass is 35.5. The lowest BCUT2D eigenvalue weighted by molar-refractivity contribution is -0.137. The first-order valence-corrected chi connectivity index (χ1v) is 8.52. The predicted octanol–water partition coefficient (Wildman–Crippen LogP) is 4.49. The number of hydrogen-bond donors (Lipinski definition) is 2. The lowest BCUT2D eigenvalue weighted by Crippen LogP contribution is -2.32. The first kappa shape index (κ1) is 20.7. The zero-order valence-corrected chi connectivity index (χ0v) is 15.6. The van der Waals surface area contributed by atoms with Gasteiger partial charge in [0.1, 0.15) is 10.7 Å². The fourth-order valence-electron chi connectivity index (χ4n) is 2.53. The minimum Gasteiger partial charge on any atom is -0.478 e. The van der Waals surface area contributed by atoms with Gasteiger partial charge in [0, 0.05) is 5.69 Å². The van der Waals surface area contributed by atoms with Gasteiger partial charge in [-0.25, -0.2) is 9.69 Å². The second-order valence-corrected chi connectivity index (χ2v) is 6.59. The summed E-state index contributed by atoms with van der Waals surface area (Å²) in [6.45, 7) is 0. The minimum absolute atomic E-state index is 0.0122. The summed E-state index contributed by atoms with van der Waals surface area (Å²) < 4.78 is 39.0. The Morgan fingerprint density at radius 3 is 2.17 bits per heavy atom. The van der Waals surface area contributed by atoms with Gasteiger partial charge in [-0.1, -0.05) is 23.2 Å². The number of halogens is 5. The van der Waals surface area contributed by atoms with Gasteiger partial charge in [0.15, 0.2) is 0 Å². The molecule has 0 spiro atoms. The summed E-state index contributed by atoms with van der Waals surface area (Å²) in [5.41, 5.74) is -1.72. The lowest BCUT2D eigenvalue weighted by Gasteiger charge is -2.18. The number of carboxylic acids is 1. The molecule has 11 heteroatoms. The van der Waals surface area contributed by atoms with E-state index in [0.717, 1.165) is 12.1 Å². The summed E-state index contributed by atoms with van der Waals surface area (Å²) in [6.07, 6.45) is -4.71. The van der Waals surface area contributed by atoms with E-state index >= 15 is 0 Å². The molecule has 2 amide bonds. The van der Waals surface area contributed by atoms with Crippen LogP contribution in [0.2, 0.25) is 5.02 Å². The van der Waals surface area contributed by atoms with E-state index in [1.807, 2.05) is 0 Å². The van der Waals surface area contributed by atoms with Crippen molar-refractivity contribution in [2.75, 3.05) is 10.2 Å². The summed E-state index contributed by atoms with van der Waals surface area (Å²) >= 11 is 11.8. The fraction of sp³-hybridized carbons (Fsp3) is 0.0556. The van der Waals surface area contributed by atoms with Gasteiger partial charge in [0.2, 0.25) is 0 Å². The molecule has 0 aliphatic carbocycles. The molecule has 2 N–H and O–H groups in total. The van der Waals surface area contributed by atoms with Crippen LogP contribution >= 0.6 is 23.2 Å². The van der Waals surface area contributed by atoms with Crippen molar-refractivity contribution in [3.63, 3.8) is 0 Å². The standard InChI is InChI=1S/C18H9Cl2F3N2O4/c19-11-6-3-9(18(21,22)23)7-12(11)25-15(26)13(20)14(16(25)27)24-10-4-1-8(2-5-10)17(28)29/h1-7,24H,(H,28,29). The molecule has 29 heavy (non-hydrogen) atoms. The molecule has 1 aliphatic rings. The Balaban J connectivity index is 1.94. The molecular weight excluding hydrogens is 436 g/mol. The van der Waals surface area contributed by atoms with E-state index in [4.69, 9.17) is 28.3 Å². The summed E-state index contributed by atoms with van der Waals surface area (Å²) in [6, 6.07) is 7.38. The van der Waals surface area contributed by atoms with Crippen molar-refractivity contribution in [3.8, 4) is 0 Å². The molecule has 0 bridgehead atoms. The number of nitrogens with zero attached hydrogens (tertiary/aromatic N) is 1. The van der Waals surface area contributed by atoms with Gasteiger partial charge in [-0.15, -0.1) is 0 Å². The molecule has 2 aromatic carbocycles. The van der Waals surface area contributed by atoms with Crippen molar-refractivity contribution in [2.45, 2.75) is 6.18 Å². The normalized spacial score (nSPS) is 14.6. The van der Waals surface area contributed by atoms with Crippen molar-refractivity contribution in [2.24, 2.45) is 0 Å². The van der Waals surface area contributed by atoms with Crippen LogP contribution in [0.4, 0.5) is 24.5 Å². The van der Waals surface area contributed by atoms with Gasteiger partial charge >= 0.3 is 12.1 Å². The Bertz CT molecular complexity index is 1070. The second kappa shape index (κ2) is 7.41. The minimum atomic E-state index is -4.71. The van der Waals surface area contributed by atoms with Crippen molar-refractivity contribution in [1.29, 1.82) is 0 Å². The fourth-order valence-corrected chi connectivity index (χ4v) is 2.95. The molecule has 2 aromatic rings. The van der Waals surface area contributed by atoms with Crippen LogP contribution in [0.5, 0.6) is 0 Å². The molecule has 0 unspecified atom stereocenters. The Hall–Kier alpha value is -3.04. The molecule has 0 atom stereocenters. The number of carbonyl (C=O) groups is 3. The Morgan fingerprint density at radius 2 is 1.62 bits per heavy atom. The number of nitrogens with one attached hydrogen (secondary N) is 1. The number of carbonyl (C=O) groups excluding carboxylic acids is 2.